The molecule has 0 radical (unpaired) electrons. The maximum Gasteiger partial charge on any atom is 0.372 e. The Kier molecular flexibility index (Phi) is 6.32. The maximum atomic E-state index is 12.6. The van der Waals surface area contributed by atoms with E-state index in [1.54, 1.807) is 0 Å². The van der Waals surface area contributed by atoms with Crippen molar-refractivity contribution in [1.82, 2.24) is 24.1 Å². The number of hydrogen-bond acceptors (Lipinski definition) is 7. The fourth-order valence-corrected chi connectivity index (χ4v) is 4.92. The first-order valence-corrected chi connectivity index (χ1v) is 11.0. The van der Waals surface area contributed by atoms with E-state index < -0.39 is 16.1 Å². The number of rotatable bonds is 7. The summed E-state index contributed by atoms with van der Waals surface area (Å²) in [6, 6.07) is 1.53. The molecule has 154 valence electrons. The number of carbonyl (C=O) groups is 1. The number of aromatic nitrogens is 4. The number of aromatic amines is 1. The molecule has 1 fully saturated rings. The highest BCUT2D eigenvalue weighted by Gasteiger charge is 2.36. The molecule has 0 atom stereocenters. The summed E-state index contributed by atoms with van der Waals surface area (Å²) in [5.41, 5.74) is 0.282. The van der Waals surface area contributed by atoms with E-state index in [0.717, 1.165) is 0 Å². The molecule has 1 saturated heterocycles. The normalized spacial score (nSPS) is 15.9. The van der Waals surface area contributed by atoms with E-state index in [1.807, 2.05) is 18.9 Å². The van der Waals surface area contributed by atoms with Crippen LogP contribution in [0.5, 0.6) is 0 Å². The molecule has 3 rings (SSSR count). The Morgan fingerprint density at radius 3 is 2.61 bits per heavy atom. The molecule has 3 heterocycles. The van der Waals surface area contributed by atoms with Gasteiger partial charge in [-0.3, -0.25) is 19.7 Å². The molecular formula is C14H22BrN8O4S+. The molecular weight excluding hydrogens is 456 g/mol. The van der Waals surface area contributed by atoms with Crippen LogP contribution in [0.25, 0.3) is 0 Å². The molecule has 1 aliphatic heterocycles. The fourth-order valence-electron chi connectivity index (χ4n) is 2.86. The molecule has 0 bridgehead atoms. The van der Waals surface area contributed by atoms with Crippen molar-refractivity contribution in [3.8, 4) is 0 Å². The van der Waals surface area contributed by atoms with E-state index in [1.165, 1.54) is 25.7 Å². The SMILES string of the molecule is CCN(CC)S(=O)(=O)N1CCN([n+]2noc(NC(=O)c3ccn[nH]3)c2Br)CC1. The predicted octanol–water partition coefficient (Wildman–Crippen LogP) is -0.460. The number of nitrogens with one attached hydrogen (secondary N) is 2. The summed E-state index contributed by atoms with van der Waals surface area (Å²) >= 11 is 3.36. The first-order valence-electron chi connectivity index (χ1n) is 8.77. The van der Waals surface area contributed by atoms with Crippen molar-refractivity contribution in [2.45, 2.75) is 13.8 Å². The van der Waals surface area contributed by atoms with Crippen molar-refractivity contribution < 1.29 is 22.5 Å². The number of piperazine rings is 1. The molecule has 14 heteroatoms. The third-order valence-electron chi connectivity index (χ3n) is 4.39. The molecule has 0 spiro atoms. The minimum Gasteiger partial charge on any atom is -0.282 e. The van der Waals surface area contributed by atoms with Crippen LogP contribution in [-0.2, 0) is 10.2 Å². The second kappa shape index (κ2) is 8.55. The van der Waals surface area contributed by atoms with Crippen LogP contribution in [0.1, 0.15) is 24.3 Å². The van der Waals surface area contributed by atoms with E-state index >= 15 is 0 Å². The van der Waals surface area contributed by atoms with Gasteiger partial charge in [-0.2, -0.15) is 22.1 Å². The van der Waals surface area contributed by atoms with E-state index in [-0.39, 0.29) is 11.6 Å². The topological polar surface area (TPSA) is 132 Å². The van der Waals surface area contributed by atoms with Crippen LogP contribution >= 0.6 is 15.9 Å². The van der Waals surface area contributed by atoms with Gasteiger partial charge in [0.05, 0.1) is 17.9 Å². The van der Waals surface area contributed by atoms with Crippen molar-refractivity contribution in [2.24, 2.45) is 0 Å². The zero-order valence-corrected chi connectivity index (χ0v) is 17.9. The standard InChI is InChI=1S/C14H21BrN8O4S/c1-3-21(4-2)28(25,26)22-9-7-20(8-10-22)23-12(15)14(27-19-23)17-13(24)11-5-6-16-18-11/h5-6H,3-4,7-10H2,1-2H3,(H-,16,17,18,19,24)/p+1. The van der Waals surface area contributed by atoms with Gasteiger partial charge in [-0.25, -0.2) is 0 Å². The van der Waals surface area contributed by atoms with Gasteiger partial charge < -0.3 is 0 Å². The minimum atomic E-state index is -3.47. The molecule has 0 saturated carbocycles. The van der Waals surface area contributed by atoms with Crippen LogP contribution < -0.4 is 15.1 Å². The summed E-state index contributed by atoms with van der Waals surface area (Å²) in [7, 11) is -3.47. The second-order valence-corrected chi connectivity index (χ2v) is 8.63. The molecule has 2 aromatic rings. The number of amides is 1. The first kappa shape index (κ1) is 20.7. The van der Waals surface area contributed by atoms with Crippen LogP contribution in [0.4, 0.5) is 5.88 Å². The van der Waals surface area contributed by atoms with Crippen LogP contribution in [0, 0.1) is 0 Å². The van der Waals surface area contributed by atoms with E-state index in [4.69, 9.17) is 4.52 Å². The van der Waals surface area contributed by atoms with Gasteiger partial charge in [0.1, 0.15) is 5.69 Å². The molecule has 0 unspecified atom stereocenters. The van der Waals surface area contributed by atoms with Crippen molar-refractivity contribution in [2.75, 3.05) is 49.6 Å². The number of nitrogens with zero attached hydrogens (tertiary/aromatic N) is 6. The maximum absolute atomic E-state index is 12.6. The highest BCUT2D eigenvalue weighted by molar-refractivity contribution is 9.10. The minimum absolute atomic E-state index is 0.137. The predicted molar refractivity (Wildman–Crippen MR) is 102 cm³/mol. The Labute approximate surface area is 170 Å². The first-order chi connectivity index (χ1) is 13.4. The average Bonchev–Trinajstić information content (AvgIpc) is 3.34. The van der Waals surface area contributed by atoms with E-state index in [0.29, 0.717) is 43.9 Å². The molecule has 1 amide bonds. The van der Waals surface area contributed by atoms with Crippen LogP contribution in [0.3, 0.4) is 0 Å². The van der Waals surface area contributed by atoms with Crippen molar-refractivity contribution in [3.63, 3.8) is 0 Å². The number of hydrogen-bond donors (Lipinski definition) is 2. The van der Waals surface area contributed by atoms with Crippen LogP contribution in [0.15, 0.2) is 21.4 Å². The van der Waals surface area contributed by atoms with Gasteiger partial charge in [0.2, 0.25) is 5.27 Å². The van der Waals surface area contributed by atoms with Crippen molar-refractivity contribution >= 4 is 37.9 Å². The van der Waals surface area contributed by atoms with E-state index in [2.05, 4.69) is 36.7 Å². The lowest BCUT2D eigenvalue weighted by Crippen LogP contribution is -2.67. The van der Waals surface area contributed by atoms with Gasteiger partial charge in [0.25, 0.3) is 16.1 Å². The Morgan fingerprint density at radius 2 is 2.04 bits per heavy atom. The van der Waals surface area contributed by atoms with Crippen molar-refractivity contribution in [1.29, 1.82) is 0 Å². The lowest BCUT2D eigenvalue weighted by molar-refractivity contribution is -0.768. The lowest BCUT2D eigenvalue weighted by atomic mass is 10.4. The Morgan fingerprint density at radius 1 is 1.36 bits per heavy atom. The van der Waals surface area contributed by atoms with Gasteiger partial charge >= 0.3 is 10.5 Å². The summed E-state index contributed by atoms with van der Waals surface area (Å²) in [6.45, 7) is 5.98. The molecule has 2 aromatic heterocycles. The highest BCUT2D eigenvalue weighted by Crippen LogP contribution is 2.18. The average molecular weight is 478 g/mol. The largest absolute Gasteiger partial charge is 0.372 e. The fraction of sp³-hybridized carbons (Fsp3) is 0.571. The molecule has 0 aliphatic carbocycles. The second-order valence-electron chi connectivity index (χ2n) is 5.95. The van der Waals surface area contributed by atoms with Gasteiger partial charge in [-0.1, -0.05) is 13.8 Å². The van der Waals surface area contributed by atoms with Gasteiger partial charge in [-0.15, -0.1) is 5.01 Å². The van der Waals surface area contributed by atoms with Crippen LogP contribution in [-0.4, -0.2) is 77.7 Å². The molecule has 28 heavy (non-hydrogen) atoms. The Hall–Kier alpha value is -2.03. The Bertz CT molecular complexity index is 904. The number of anilines is 1. The molecule has 2 N–H and O–H groups in total. The quantitative estimate of drug-likeness (QED) is 0.515. The summed E-state index contributed by atoms with van der Waals surface area (Å²) < 4.78 is 33.8. The smallest absolute Gasteiger partial charge is 0.282 e. The van der Waals surface area contributed by atoms with Gasteiger partial charge in [0.15, 0.2) is 0 Å². The summed E-state index contributed by atoms with van der Waals surface area (Å²) in [4.78, 5) is 13.6. The van der Waals surface area contributed by atoms with E-state index in [9.17, 15) is 13.2 Å². The zero-order valence-electron chi connectivity index (χ0n) is 15.5. The van der Waals surface area contributed by atoms with Gasteiger partial charge in [-0.05, 0) is 6.07 Å². The molecule has 0 aromatic carbocycles. The lowest BCUT2D eigenvalue weighted by Gasteiger charge is -2.32. The van der Waals surface area contributed by atoms with Gasteiger partial charge in [0, 0.05) is 48.3 Å². The third-order valence-corrected chi connectivity index (χ3v) is 7.25. The summed E-state index contributed by atoms with van der Waals surface area (Å²) in [5, 5.41) is 14.6. The van der Waals surface area contributed by atoms with Crippen LogP contribution in [0.2, 0.25) is 0 Å². The zero-order chi connectivity index (χ0) is 20.3. The van der Waals surface area contributed by atoms with Crippen molar-refractivity contribution in [3.05, 3.63) is 22.6 Å². The third kappa shape index (κ3) is 4.04. The molecule has 1 aliphatic rings. The Balaban J connectivity index is 1.65. The number of halogens is 1. The number of carbonyl (C=O) groups excluding carboxylic acids is 1. The highest BCUT2D eigenvalue weighted by atomic mass is 79.9. The monoisotopic (exact) mass is 477 g/mol. The number of H-pyrrole nitrogens is 1. The summed E-state index contributed by atoms with van der Waals surface area (Å²) in [6.07, 6.45) is 1.47. The molecule has 12 nitrogen and oxygen atoms in total. The summed E-state index contributed by atoms with van der Waals surface area (Å²) in [5.74, 6) is -0.283.